The van der Waals surface area contributed by atoms with Gasteiger partial charge in [0.1, 0.15) is 17.1 Å². The SMILES string of the molecule is Cc1cccc(-c2ncnc3c2c(Br)c(Cl)n3C)c1. The van der Waals surface area contributed by atoms with Crippen LogP contribution in [0.1, 0.15) is 5.56 Å². The number of aryl methyl sites for hydroxylation is 2. The summed E-state index contributed by atoms with van der Waals surface area (Å²) in [7, 11) is 1.89. The quantitative estimate of drug-likeness (QED) is 0.661. The fourth-order valence-corrected chi connectivity index (χ4v) is 2.99. The van der Waals surface area contributed by atoms with Crippen molar-refractivity contribution in [2.24, 2.45) is 7.05 Å². The molecule has 2 heterocycles. The van der Waals surface area contributed by atoms with E-state index in [4.69, 9.17) is 11.6 Å². The Morgan fingerprint density at radius 3 is 2.79 bits per heavy atom. The first-order valence-electron chi connectivity index (χ1n) is 5.81. The third-order valence-electron chi connectivity index (χ3n) is 3.13. The Kier molecular flexibility index (Phi) is 3.07. The van der Waals surface area contributed by atoms with Gasteiger partial charge in [0.2, 0.25) is 0 Å². The van der Waals surface area contributed by atoms with Gasteiger partial charge in [-0.25, -0.2) is 9.97 Å². The van der Waals surface area contributed by atoms with Crippen molar-refractivity contribution in [3.63, 3.8) is 0 Å². The molecule has 0 N–H and O–H groups in total. The van der Waals surface area contributed by atoms with Gasteiger partial charge in [0.15, 0.2) is 0 Å². The molecule has 3 rings (SSSR count). The van der Waals surface area contributed by atoms with Crippen LogP contribution < -0.4 is 0 Å². The molecule has 5 heteroatoms. The first-order valence-corrected chi connectivity index (χ1v) is 6.98. The van der Waals surface area contributed by atoms with Gasteiger partial charge >= 0.3 is 0 Å². The van der Waals surface area contributed by atoms with E-state index in [1.54, 1.807) is 6.33 Å². The number of rotatable bonds is 1. The third-order valence-corrected chi connectivity index (χ3v) is 4.57. The van der Waals surface area contributed by atoms with Crippen LogP contribution in [0.15, 0.2) is 35.1 Å². The predicted molar refractivity (Wildman–Crippen MR) is 81.4 cm³/mol. The Balaban J connectivity index is 2.39. The molecule has 0 aliphatic rings. The molecule has 0 spiro atoms. The van der Waals surface area contributed by atoms with Gasteiger partial charge < -0.3 is 4.57 Å². The minimum absolute atomic E-state index is 0.629. The molecule has 96 valence electrons. The third kappa shape index (κ3) is 1.95. The standard InChI is InChI=1S/C14H11BrClN3/c1-8-4-3-5-9(6-8)12-10-11(15)13(16)19(2)14(10)18-7-17-12/h3-7H,1-2H3. The Labute approximate surface area is 124 Å². The lowest BCUT2D eigenvalue weighted by Crippen LogP contribution is -1.92. The van der Waals surface area contributed by atoms with Crippen LogP contribution in [0.5, 0.6) is 0 Å². The maximum atomic E-state index is 6.26. The normalized spacial score (nSPS) is 11.2. The van der Waals surface area contributed by atoms with Crippen molar-refractivity contribution in [2.45, 2.75) is 6.92 Å². The molecule has 0 bridgehead atoms. The zero-order valence-corrected chi connectivity index (χ0v) is 12.8. The van der Waals surface area contributed by atoms with E-state index in [1.807, 2.05) is 23.7 Å². The smallest absolute Gasteiger partial charge is 0.146 e. The molecule has 1 aromatic carbocycles. The van der Waals surface area contributed by atoms with E-state index >= 15 is 0 Å². The van der Waals surface area contributed by atoms with Gasteiger partial charge in [-0.3, -0.25) is 0 Å². The molecule has 0 saturated heterocycles. The molecule has 0 fully saturated rings. The summed E-state index contributed by atoms with van der Waals surface area (Å²) in [5.74, 6) is 0. The lowest BCUT2D eigenvalue weighted by Gasteiger charge is -2.04. The number of aromatic nitrogens is 3. The Morgan fingerprint density at radius 1 is 1.26 bits per heavy atom. The zero-order valence-electron chi connectivity index (χ0n) is 10.5. The number of hydrogen-bond acceptors (Lipinski definition) is 2. The number of hydrogen-bond donors (Lipinski definition) is 0. The van der Waals surface area contributed by atoms with Crippen LogP contribution >= 0.6 is 27.5 Å². The van der Waals surface area contributed by atoms with E-state index < -0.39 is 0 Å². The van der Waals surface area contributed by atoms with Crippen molar-refractivity contribution in [3.8, 4) is 11.3 Å². The highest BCUT2D eigenvalue weighted by Gasteiger charge is 2.17. The molecule has 2 aromatic heterocycles. The van der Waals surface area contributed by atoms with E-state index in [2.05, 4.69) is 45.0 Å². The highest BCUT2D eigenvalue weighted by Crippen LogP contribution is 2.37. The fraction of sp³-hybridized carbons (Fsp3) is 0.143. The highest BCUT2D eigenvalue weighted by molar-refractivity contribution is 9.10. The van der Waals surface area contributed by atoms with Crippen LogP contribution in [0.3, 0.4) is 0 Å². The van der Waals surface area contributed by atoms with Crippen molar-refractivity contribution in [3.05, 3.63) is 45.8 Å². The van der Waals surface area contributed by atoms with Crippen LogP contribution in [0, 0.1) is 6.92 Å². The first kappa shape index (κ1) is 12.6. The summed E-state index contributed by atoms with van der Waals surface area (Å²) in [4.78, 5) is 8.73. The van der Waals surface area contributed by atoms with Gasteiger partial charge in [-0.2, -0.15) is 0 Å². The summed E-state index contributed by atoms with van der Waals surface area (Å²) < 4.78 is 2.69. The second-order valence-electron chi connectivity index (χ2n) is 4.45. The molecule has 0 aliphatic carbocycles. The second-order valence-corrected chi connectivity index (χ2v) is 5.61. The van der Waals surface area contributed by atoms with Crippen LogP contribution in [-0.4, -0.2) is 14.5 Å². The summed E-state index contributed by atoms with van der Waals surface area (Å²) in [6.45, 7) is 2.06. The van der Waals surface area contributed by atoms with Crippen molar-refractivity contribution >= 4 is 38.6 Å². The molecular formula is C14H11BrClN3. The van der Waals surface area contributed by atoms with Gasteiger partial charge in [0.05, 0.1) is 15.6 Å². The molecule has 19 heavy (non-hydrogen) atoms. The molecule has 0 aliphatic heterocycles. The van der Waals surface area contributed by atoms with Gasteiger partial charge in [-0.1, -0.05) is 35.4 Å². The molecule has 0 amide bonds. The minimum atomic E-state index is 0.629. The molecule has 3 aromatic rings. The number of halogens is 2. The molecule has 0 radical (unpaired) electrons. The first-order chi connectivity index (χ1) is 9.09. The summed E-state index contributed by atoms with van der Waals surface area (Å²) in [5, 5.41) is 1.57. The number of nitrogens with zero attached hydrogens (tertiary/aromatic N) is 3. The molecule has 3 nitrogen and oxygen atoms in total. The predicted octanol–water partition coefficient (Wildman–Crippen LogP) is 4.36. The van der Waals surface area contributed by atoms with Crippen LogP contribution in [0.2, 0.25) is 5.15 Å². The van der Waals surface area contributed by atoms with E-state index in [9.17, 15) is 0 Å². The number of benzene rings is 1. The topological polar surface area (TPSA) is 30.7 Å². The lowest BCUT2D eigenvalue weighted by molar-refractivity contribution is 0.943. The minimum Gasteiger partial charge on any atom is -0.318 e. The van der Waals surface area contributed by atoms with Crippen molar-refractivity contribution in [1.29, 1.82) is 0 Å². The maximum Gasteiger partial charge on any atom is 0.146 e. The molecule has 0 saturated carbocycles. The summed E-state index contributed by atoms with van der Waals surface area (Å²) in [6, 6.07) is 8.24. The number of fused-ring (bicyclic) bond motifs is 1. The van der Waals surface area contributed by atoms with Crippen molar-refractivity contribution in [2.75, 3.05) is 0 Å². The van der Waals surface area contributed by atoms with Gasteiger partial charge in [-0.05, 0) is 28.9 Å². The van der Waals surface area contributed by atoms with Crippen LogP contribution in [-0.2, 0) is 7.05 Å². The zero-order chi connectivity index (χ0) is 13.6. The van der Waals surface area contributed by atoms with Crippen molar-refractivity contribution in [1.82, 2.24) is 14.5 Å². The molecular weight excluding hydrogens is 326 g/mol. The van der Waals surface area contributed by atoms with E-state index in [0.29, 0.717) is 5.15 Å². The Bertz CT molecular complexity index is 780. The van der Waals surface area contributed by atoms with Crippen LogP contribution in [0.4, 0.5) is 0 Å². The largest absolute Gasteiger partial charge is 0.318 e. The van der Waals surface area contributed by atoms with Gasteiger partial charge in [0.25, 0.3) is 0 Å². The average Bonchev–Trinajstić information content (AvgIpc) is 2.64. The monoisotopic (exact) mass is 335 g/mol. The lowest BCUT2D eigenvalue weighted by atomic mass is 10.1. The Morgan fingerprint density at radius 2 is 2.05 bits per heavy atom. The van der Waals surface area contributed by atoms with E-state index in [1.165, 1.54) is 5.56 Å². The molecule has 0 atom stereocenters. The fourth-order valence-electron chi connectivity index (χ4n) is 2.19. The van der Waals surface area contributed by atoms with Crippen molar-refractivity contribution < 1.29 is 0 Å². The van der Waals surface area contributed by atoms with E-state index in [-0.39, 0.29) is 0 Å². The summed E-state index contributed by atoms with van der Waals surface area (Å²) >= 11 is 9.80. The maximum absolute atomic E-state index is 6.26. The van der Waals surface area contributed by atoms with E-state index in [0.717, 1.165) is 26.8 Å². The van der Waals surface area contributed by atoms with Gasteiger partial charge in [-0.15, -0.1) is 0 Å². The average molecular weight is 337 g/mol. The highest BCUT2D eigenvalue weighted by atomic mass is 79.9. The summed E-state index contributed by atoms with van der Waals surface area (Å²) in [5.41, 5.74) is 3.98. The summed E-state index contributed by atoms with van der Waals surface area (Å²) in [6.07, 6.45) is 1.57. The Hall–Kier alpha value is -1.39. The van der Waals surface area contributed by atoms with Gasteiger partial charge in [0, 0.05) is 12.6 Å². The second kappa shape index (κ2) is 4.62. The molecule has 0 unspecified atom stereocenters. The van der Waals surface area contributed by atoms with Crippen LogP contribution in [0.25, 0.3) is 22.3 Å².